The van der Waals surface area contributed by atoms with Crippen molar-refractivity contribution in [2.45, 2.75) is 31.2 Å². The third kappa shape index (κ3) is 2.65. The number of rotatable bonds is 5. The summed E-state index contributed by atoms with van der Waals surface area (Å²) in [5.41, 5.74) is 4.94. The zero-order valence-corrected chi connectivity index (χ0v) is 11.0. The summed E-state index contributed by atoms with van der Waals surface area (Å²) < 4.78 is 0. The van der Waals surface area contributed by atoms with E-state index < -0.39 is 5.54 Å². The van der Waals surface area contributed by atoms with E-state index in [4.69, 9.17) is 5.73 Å². The Kier molecular flexibility index (Phi) is 3.88. The van der Waals surface area contributed by atoms with Crippen LogP contribution in [0.5, 0.6) is 0 Å². The molecule has 2 atom stereocenters. The largest absolute Gasteiger partial charge is 0.369 e. The van der Waals surface area contributed by atoms with Gasteiger partial charge in [0.15, 0.2) is 0 Å². The Balaban J connectivity index is 1.99. The Morgan fingerprint density at radius 2 is 2.28 bits per heavy atom. The molecule has 3 N–H and O–H groups in total. The van der Waals surface area contributed by atoms with Crippen LogP contribution in [-0.2, 0) is 4.79 Å². The van der Waals surface area contributed by atoms with E-state index in [2.05, 4.69) is 16.3 Å². The molecule has 100 valence electrons. The predicted molar refractivity (Wildman–Crippen MR) is 68.5 cm³/mol. The van der Waals surface area contributed by atoms with E-state index in [1.54, 1.807) is 0 Å². The van der Waals surface area contributed by atoms with Crippen LogP contribution in [0.25, 0.3) is 0 Å². The summed E-state index contributed by atoms with van der Waals surface area (Å²) >= 11 is 0. The highest BCUT2D eigenvalue weighted by Crippen LogP contribution is 2.40. The predicted octanol–water partition coefficient (Wildman–Crippen LogP) is 0.0755. The SMILES string of the molecule is CNC(C#N)(CN1CCCC(C(N)=O)C1)C1CC1. The lowest BCUT2D eigenvalue weighted by Gasteiger charge is -2.37. The molecule has 1 saturated carbocycles. The molecule has 5 nitrogen and oxygen atoms in total. The van der Waals surface area contributed by atoms with Gasteiger partial charge in [-0.25, -0.2) is 0 Å². The number of amides is 1. The van der Waals surface area contributed by atoms with E-state index in [1.165, 1.54) is 0 Å². The van der Waals surface area contributed by atoms with Crippen LogP contribution >= 0.6 is 0 Å². The second-order valence-electron chi connectivity index (χ2n) is 5.58. The molecule has 2 fully saturated rings. The van der Waals surface area contributed by atoms with Crippen LogP contribution in [0.1, 0.15) is 25.7 Å². The molecule has 1 saturated heterocycles. The standard InChI is InChI=1S/C13H22N4O/c1-16-13(8-14,11-4-5-11)9-17-6-2-3-10(7-17)12(15)18/h10-11,16H,2-7,9H2,1H3,(H2,15,18). The van der Waals surface area contributed by atoms with Crippen LogP contribution in [0.15, 0.2) is 0 Å². The summed E-state index contributed by atoms with van der Waals surface area (Å²) in [4.78, 5) is 13.5. The Bertz CT molecular complexity index is 360. The molecule has 1 amide bonds. The second-order valence-corrected chi connectivity index (χ2v) is 5.58. The van der Waals surface area contributed by atoms with Gasteiger partial charge in [0.2, 0.25) is 5.91 Å². The molecule has 0 bridgehead atoms. The summed E-state index contributed by atoms with van der Waals surface area (Å²) in [7, 11) is 1.86. The first-order valence-corrected chi connectivity index (χ1v) is 6.73. The van der Waals surface area contributed by atoms with Crippen LogP contribution in [0, 0.1) is 23.2 Å². The highest BCUT2D eigenvalue weighted by atomic mass is 16.1. The number of likely N-dealkylation sites (tertiary alicyclic amines) is 1. The van der Waals surface area contributed by atoms with Crippen LogP contribution in [0.3, 0.4) is 0 Å². The van der Waals surface area contributed by atoms with E-state index in [1.807, 2.05) is 7.05 Å². The quantitative estimate of drug-likeness (QED) is 0.723. The van der Waals surface area contributed by atoms with E-state index in [0.717, 1.165) is 32.2 Å². The number of nitrogens with one attached hydrogen (secondary N) is 1. The molecule has 5 heteroatoms. The van der Waals surface area contributed by atoms with Gasteiger partial charge in [-0.15, -0.1) is 0 Å². The maximum absolute atomic E-state index is 11.3. The van der Waals surface area contributed by atoms with Crippen molar-refractivity contribution < 1.29 is 4.79 Å². The Labute approximate surface area is 108 Å². The zero-order valence-electron chi connectivity index (χ0n) is 11.0. The van der Waals surface area contributed by atoms with E-state index >= 15 is 0 Å². The van der Waals surface area contributed by atoms with Crippen LogP contribution in [0.2, 0.25) is 0 Å². The molecule has 0 spiro atoms. The van der Waals surface area contributed by atoms with Gasteiger partial charge in [-0.05, 0) is 45.2 Å². The summed E-state index contributed by atoms with van der Waals surface area (Å²) in [6, 6.07) is 2.45. The smallest absolute Gasteiger partial charge is 0.221 e. The Hall–Kier alpha value is -1.12. The molecule has 2 rings (SSSR count). The van der Waals surface area contributed by atoms with Gasteiger partial charge < -0.3 is 11.1 Å². The zero-order chi connectivity index (χ0) is 13.2. The maximum Gasteiger partial charge on any atom is 0.221 e. The second kappa shape index (κ2) is 5.25. The normalized spacial score (nSPS) is 28.3. The topological polar surface area (TPSA) is 82.2 Å². The number of carbonyl (C=O) groups is 1. The van der Waals surface area contributed by atoms with Crippen molar-refractivity contribution in [2.24, 2.45) is 17.6 Å². The van der Waals surface area contributed by atoms with Crippen molar-refractivity contribution in [3.8, 4) is 6.07 Å². The van der Waals surface area contributed by atoms with Crippen molar-refractivity contribution in [2.75, 3.05) is 26.7 Å². The lowest BCUT2D eigenvalue weighted by molar-refractivity contribution is -0.123. The number of carbonyl (C=O) groups excluding carboxylic acids is 1. The third-order valence-electron chi connectivity index (χ3n) is 4.30. The summed E-state index contributed by atoms with van der Waals surface area (Å²) in [6.45, 7) is 2.36. The lowest BCUT2D eigenvalue weighted by Crippen LogP contribution is -2.55. The highest BCUT2D eigenvalue weighted by molar-refractivity contribution is 5.76. The minimum atomic E-state index is -0.445. The van der Waals surface area contributed by atoms with Crippen molar-refractivity contribution in [1.29, 1.82) is 5.26 Å². The van der Waals surface area contributed by atoms with Gasteiger partial charge in [0.1, 0.15) is 5.54 Å². The molecule has 1 aliphatic carbocycles. The highest BCUT2D eigenvalue weighted by Gasteiger charge is 2.46. The number of likely N-dealkylation sites (N-methyl/N-ethyl adjacent to an activating group) is 1. The van der Waals surface area contributed by atoms with Crippen LogP contribution < -0.4 is 11.1 Å². The minimum absolute atomic E-state index is 0.0498. The number of piperidine rings is 1. The van der Waals surface area contributed by atoms with Gasteiger partial charge in [-0.3, -0.25) is 9.69 Å². The third-order valence-corrected chi connectivity index (χ3v) is 4.30. The molecular weight excluding hydrogens is 228 g/mol. The summed E-state index contributed by atoms with van der Waals surface area (Å²) in [5, 5.41) is 12.7. The van der Waals surface area contributed by atoms with Crippen molar-refractivity contribution in [3.63, 3.8) is 0 Å². The number of nitrogens with zero attached hydrogens (tertiary/aromatic N) is 2. The molecule has 18 heavy (non-hydrogen) atoms. The molecule has 1 aliphatic heterocycles. The fourth-order valence-corrected chi connectivity index (χ4v) is 2.96. The molecule has 0 aromatic rings. The number of hydrogen-bond acceptors (Lipinski definition) is 4. The molecule has 1 heterocycles. The Morgan fingerprint density at radius 3 is 2.78 bits per heavy atom. The molecule has 2 aliphatic rings. The maximum atomic E-state index is 11.3. The van der Waals surface area contributed by atoms with Gasteiger partial charge in [0.05, 0.1) is 12.0 Å². The fraction of sp³-hybridized carbons (Fsp3) is 0.846. The van der Waals surface area contributed by atoms with Crippen molar-refractivity contribution >= 4 is 5.91 Å². The van der Waals surface area contributed by atoms with Crippen LogP contribution in [-0.4, -0.2) is 43.0 Å². The van der Waals surface area contributed by atoms with Crippen molar-refractivity contribution in [3.05, 3.63) is 0 Å². The van der Waals surface area contributed by atoms with E-state index in [0.29, 0.717) is 19.0 Å². The average Bonchev–Trinajstić information content (AvgIpc) is 3.21. The number of primary amides is 1. The molecule has 0 aromatic heterocycles. The number of nitriles is 1. The first-order chi connectivity index (χ1) is 8.61. The van der Waals surface area contributed by atoms with Gasteiger partial charge in [0.25, 0.3) is 0 Å². The monoisotopic (exact) mass is 250 g/mol. The van der Waals surface area contributed by atoms with Gasteiger partial charge in [-0.2, -0.15) is 5.26 Å². The Morgan fingerprint density at radius 1 is 1.56 bits per heavy atom. The fourth-order valence-electron chi connectivity index (χ4n) is 2.96. The summed E-state index contributed by atoms with van der Waals surface area (Å²) in [5.74, 6) is 0.200. The lowest BCUT2D eigenvalue weighted by atomic mass is 9.91. The van der Waals surface area contributed by atoms with Gasteiger partial charge in [0, 0.05) is 13.1 Å². The molecule has 0 radical (unpaired) electrons. The van der Waals surface area contributed by atoms with Crippen molar-refractivity contribution in [1.82, 2.24) is 10.2 Å². The van der Waals surface area contributed by atoms with E-state index in [9.17, 15) is 10.1 Å². The van der Waals surface area contributed by atoms with Gasteiger partial charge in [-0.1, -0.05) is 0 Å². The molecule has 2 unspecified atom stereocenters. The molecular formula is C13H22N4O. The van der Waals surface area contributed by atoms with E-state index in [-0.39, 0.29) is 11.8 Å². The first-order valence-electron chi connectivity index (χ1n) is 6.73. The van der Waals surface area contributed by atoms with Crippen LogP contribution in [0.4, 0.5) is 0 Å². The number of hydrogen-bond donors (Lipinski definition) is 2. The van der Waals surface area contributed by atoms with Gasteiger partial charge >= 0.3 is 0 Å². The number of nitrogens with two attached hydrogens (primary N) is 1. The first kappa shape index (κ1) is 13.3. The minimum Gasteiger partial charge on any atom is -0.369 e. The average molecular weight is 250 g/mol. The molecule has 0 aromatic carbocycles. The summed E-state index contributed by atoms with van der Waals surface area (Å²) in [6.07, 6.45) is 4.13.